The summed E-state index contributed by atoms with van der Waals surface area (Å²) >= 11 is 0. The number of allylic oxidation sites excluding steroid dienone is 6. The van der Waals surface area contributed by atoms with Crippen LogP contribution < -0.4 is 0 Å². The number of hydrogen-bond acceptors (Lipinski definition) is 24. The van der Waals surface area contributed by atoms with Crippen molar-refractivity contribution in [3.05, 3.63) is 46.0 Å². The number of methoxy groups -OCH3 is 2. The summed E-state index contributed by atoms with van der Waals surface area (Å²) in [5.41, 5.74) is -9.09. The first kappa shape index (κ1) is 60.0. The molecule has 10 rings (SSSR count). The molecule has 20 atom stereocenters. The molecule has 6 aliphatic carbocycles. The lowest BCUT2D eigenvalue weighted by molar-refractivity contribution is -0.290. The second-order valence-corrected chi connectivity index (χ2v) is 25.7. The molecule has 83 heavy (non-hydrogen) atoms. The van der Waals surface area contributed by atoms with E-state index in [9.17, 15) is 68.4 Å². The highest BCUT2D eigenvalue weighted by Gasteiger charge is 2.87. The fourth-order valence-corrected chi connectivity index (χ4v) is 17.4. The Labute approximate surface area is 477 Å². The van der Waals surface area contributed by atoms with E-state index in [1.54, 1.807) is 27.7 Å². The molecule has 2 spiro atoms. The maximum Gasteiger partial charge on any atom is 0.348 e. The molecule has 0 amide bonds. The van der Waals surface area contributed by atoms with Crippen molar-refractivity contribution < 1.29 is 116 Å². The molecule has 24 nitrogen and oxygen atoms in total. The number of aliphatic hydroxyl groups excluding tert-OH is 4. The van der Waals surface area contributed by atoms with Crippen LogP contribution in [0.5, 0.6) is 0 Å². The van der Waals surface area contributed by atoms with Crippen molar-refractivity contribution in [1.29, 1.82) is 0 Å². The van der Waals surface area contributed by atoms with Gasteiger partial charge in [0.05, 0.1) is 51.5 Å². The Morgan fingerprint density at radius 2 is 0.940 bits per heavy atom. The van der Waals surface area contributed by atoms with Gasteiger partial charge in [-0.05, 0) is 86.2 Å². The summed E-state index contributed by atoms with van der Waals surface area (Å²) in [6.45, 7) is 16.3. The molecule has 4 saturated heterocycles. The number of Topliss-reactive ketones (excluding diaryl/α,β-unsaturated/α-hetero) is 2. The molecule has 8 fully saturated rings. The molecule has 0 aromatic rings. The monoisotopic (exact) mass is 1160 g/mol. The third-order valence-corrected chi connectivity index (χ3v) is 21.3. The fourth-order valence-electron chi connectivity index (χ4n) is 17.4. The zero-order chi connectivity index (χ0) is 60.9. The lowest BCUT2D eigenvalue weighted by atomic mass is 9.38. The Balaban J connectivity index is 0.904. The Kier molecular flexibility index (Phi) is 14.6. The number of rotatable bonds is 12. The van der Waals surface area contributed by atoms with Crippen molar-refractivity contribution in [3.8, 4) is 0 Å². The van der Waals surface area contributed by atoms with Gasteiger partial charge in [0.25, 0.3) is 0 Å². The maximum absolute atomic E-state index is 14.4. The SMILES string of the molecule is COC(=O)C12OCC34C(CC5C(C)=C(OC(=O)CC(=O)OC6=C(C)C7CC8OC(=O)C(OC(=O)C=C(C)C(C)C)C9C%10(C(=O)OC)OCC89C(C(O)C%10O)C7(C)CC6=O)C(=O)CC5(C)C3C(O)C1O)OC(=O)C(OC(=O)C=C(C)C(C)C)C24. The summed E-state index contributed by atoms with van der Waals surface area (Å²) in [6, 6.07) is 0. The fraction of sp³-hybridized carbons (Fsp3) is 0.695. The summed E-state index contributed by atoms with van der Waals surface area (Å²) in [4.78, 5) is 139. The standard InChI is InChI=1S/C59H72O24/c1-22(2)24(5)13-34(62)82-42-46-56-20-76-58(46,52(72)74-11)48(68)38(66)44(56)54(9)18-30(60)40(26(7)28(54)15-32(56)78-50(42)70)80-36(64)17-37(65)81-41-27(8)29-16-33-57-21-77-59(53(73)75-12,49(69)39(67)45(57)55(29,10)19-31(41)61)47(57)43(51(71)79-33)83-35(63)14-25(6)23(3)4/h13-14,22-23,28-29,32-33,38-39,42-49,66-69H,15-21H2,1-12H3. The molecular formula is C59H72O24. The van der Waals surface area contributed by atoms with Gasteiger partial charge in [-0.1, -0.05) is 52.7 Å². The van der Waals surface area contributed by atoms with Crippen molar-refractivity contribution in [1.82, 2.24) is 0 Å². The smallest absolute Gasteiger partial charge is 0.348 e. The molecule has 20 unspecified atom stereocenters. The average Bonchev–Trinajstić information content (AvgIpc) is 1.63. The first-order valence-electron chi connectivity index (χ1n) is 28.1. The molecule has 4 heterocycles. The van der Waals surface area contributed by atoms with Crippen LogP contribution in [0.3, 0.4) is 0 Å². The average molecular weight is 1170 g/mol. The first-order chi connectivity index (χ1) is 38.8. The molecule has 10 aliphatic rings. The summed E-state index contributed by atoms with van der Waals surface area (Å²) < 4.78 is 57.8. The number of hydrogen-bond donors (Lipinski definition) is 4. The minimum atomic E-state index is -2.42. The van der Waals surface area contributed by atoms with Crippen LogP contribution in [0.25, 0.3) is 0 Å². The van der Waals surface area contributed by atoms with E-state index in [4.69, 9.17) is 47.4 Å². The summed E-state index contributed by atoms with van der Waals surface area (Å²) in [5.74, 6) is -18.4. The normalized spacial score (nSPS) is 43.0. The van der Waals surface area contributed by atoms with Crippen molar-refractivity contribution in [2.45, 2.75) is 161 Å². The van der Waals surface area contributed by atoms with E-state index in [1.165, 1.54) is 26.0 Å². The zero-order valence-corrected chi connectivity index (χ0v) is 48.3. The van der Waals surface area contributed by atoms with Crippen LogP contribution in [0.4, 0.5) is 0 Å². The number of esters is 8. The van der Waals surface area contributed by atoms with E-state index in [-0.39, 0.29) is 35.8 Å². The number of aliphatic hydroxyl groups is 4. The highest BCUT2D eigenvalue weighted by atomic mass is 16.6. The lowest BCUT2D eigenvalue weighted by Crippen LogP contribution is -2.79. The largest absolute Gasteiger partial charge is 0.467 e. The third-order valence-electron chi connectivity index (χ3n) is 21.3. The van der Waals surface area contributed by atoms with Crippen LogP contribution in [0.2, 0.25) is 0 Å². The predicted octanol–water partition coefficient (Wildman–Crippen LogP) is 1.68. The van der Waals surface area contributed by atoms with Gasteiger partial charge in [-0.25, -0.2) is 28.8 Å². The highest BCUT2D eigenvalue weighted by molar-refractivity contribution is 6.02. The van der Waals surface area contributed by atoms with E-state index in [1.807, 2.05) is 27.7 Å². The van der Waals surface area contributed by atoms with Crippen LogP contribution >= 0.6 is 0 Å². The van der Waals surface area contributed by atoms with Gasteiger partial charge >= 0.3 is 47.8 Å². The Hall–Kier alpha value is -6.18. The van der Waals surface area contributed by atoms with Gasteiger partial charge in [0.1, 0.15) is 30.8 Å². The molecule has 452 valence electrons. The van der Waals surface area contributed by atoms with Gasteiger partial charge in [-0.15, -0.1) is 0 Å². The molecule has 4 aliphatic heterocycles. The number of ether oxygens (including phenoxy) is 10. The molecule has 4 N–H and O–H groups in total. The minimum absolute atomic E-state index is 0.0802. The predicted molar refractivity (Wildman–Crippen MR) is 275 cm³/mol. The van der Waals surface area contributed by atoms with Gasteiger partial charge in [0.2, 0.25) is 23.4 Å². The van der Waals surface area contributed by atoms with Crippen molar-refractivity contribution in [2.75, 3.05) is 27.4 Å². The van der Waals surface area contributed by atoms with Gasteiger partial charge in [0, 0.05) is 47.7 Å². The molecule has 4 bridgehead atoms. The van der Waals surface area contributed by atoms with Crippen LogP contribution in [0.15, 0.2) is 46.0 Å². The lowest BCUT2D eigenvalue weighted by Gasteiger charge is -2.67. The van der Waals surface area contributed by atoms with Crippen molar-refractivity contribution in [3.63, 3.8) is 0 Å². The second-order valence-electron chi connectivity index (χ2n) is 25.7. The highest BCUT2D eigenvalue weighted by Crippen LogP contribution is 2.75. The van der Waals surface area contributed by atoms with Crippen LogP contribution in [-0.2, 0) is 95.3 Å². The van der Waals surface area contributed by atoms with Gasteiger partial charge in [-0.3, -0.25) is 19.2 Å². The first-order valence-corrected chi connectivity index (χ1v) is 28.1. The van der Waals surface area contributed by atoms with Crippen LogP contribution in [-0.4, -0.2) is 167 Å². The number of ketones is 2. The Bertz CT molecular complexity index is 2840. The number of carbonyl (C=O) groups is 10. The van der Waals surface area contributed by atoms with E-state index >= 15 is 0 Å². The van der Waals surface area contributed by atoms with Crippen molar-refractivity contribution in [2.24, 2.45) is 69.0 Å². The number of fused-ring (bicyclic) bond motifs is 4. The van der Waals surface area contributed by atoms with Gasteiger partial charge < -0.3 is 67.8 Å². The molecule has 0 aromatic heterocycles. The Morgan fingerprint density at radius 3 is 1.27 bits per heavy atom. The zero-order valence-electron chi connectivity index (χ0n) is 48.3. The summed E-state index contributed by atoms with van der Waals surface area (Å²) in [6.07, 6.45) is -13.7. The van der Waals surface area contributed by atoms with Crippen LogP contribution in [0, 0.1) is 69.0 Å². The molecule has 0 aromatic carbocycles. The molecule has 24 heteroatoms. The van der Waals surface area contributed by atoms with Gasteiger partial charge in [-0.2, -0.15) is 0 Å². The van der Waals surface area contributed by atoms with E-state index in [2.05, 4.69) is 0 Å². The second kappa shape index (κ2) is 20.2. The third kappa shape index (κ3) is 8.10. The van der Waals surface area contributed by atoms with E-state index in [0.29, 0.717) is 11.1 Å². The molecular weight excluding hydrogens is 1090 g/mol. The van der Waals surface area contributed by atoms with Crippen molar-refractivity contribution >= 4 is 59.3 Å². The summed E-state index contributed by atoms with van der Waals surface area (Å²) in [7, 11) is 2.06. The number of carbonyl (C=O) groups excluding carboxylic acids is 10. The summed E-state index contributed by atoms with van der Waals surface area (Å²) in [5, 5.41) is 48.7. The van der Waals surface area contributed by atoms with Crippen LogP contribution in [0.1, 0.15) is 101 Å². The topological polar surface area (TPSA) is 344 Å². The van der Waals surface area contributed by atoms with E-state index in [0.717, 1.165) is 14.2 Å². The molecule has 0 radical (unpaired) electrons. The quantitative estimate of drug-likeness (QED) is 0.0934. The Morgan fingerprint density at radius 1 is 0.590 bits per heavy atom. The molecule has 4 saturated carbocycles. The van der Waals surface area contributed by atoms with Gasteiger partial charge in [0.15, 0.2) is 23.1 Å². The maximum atomic E-state index is 14.4. The minimum Gasteiger partial charge on any atom is -0.467 e. The van der Waals surface area contributed by atoms with E-state index < -0.39 is 221 Å².